The molecule has 1 aliphatic heterocycles. The van der Waals surface area contributed by atoms with Crippen molar-refractivity contribution in [3.63, 3.8) is 0 Å². The Hall–Kier alpha value is -2.10. The van der Waals surface area contributed by atoms with Crippen LogP contribution >= 0.6 is 0 Å². The summed E-state index contributed by atoms with van der Waals surface area (Å²) in [5.74, 6) is -1.07. The number of hydrogen-bond acceptors (Lipinski definition) is 2. The summed E-state index contributed by atoms with van der Waals surface area (Å²) in [5, 5.41) is 0. The van der Waals surface area contributed by atoms with Crippen molar-refractivity contribution >= 4 is 11.4 Å². The van der Waals surface area contributed by atoms with Crippen LogP contribution in [0.4, 0.5) is 20.2 Å². The van der Waals surface area contributed by atoms with Gasteiger partial charge in [-0.15, -0.1) is 0 Å². The van der Waals surface area contributed by atoms with Crippen molar-refractivity contribution in [2.45, 2.75) is 19.4 Å². The topological polar surface area (TPSA) is 29.3 Å². The van der Waals surface area contributed by atoms with Crippen LogP contribution in [0.15, 0.2) is 36.4 Å². The number of halogens is 2. The second kappa shape index (κ2) is 5.12. The highest BCUT2D eigenvalue weighted by atomic mass is 19.1. The number of hydrogen-bond donors (Lipinski definition) is 1. The first-order chi connectivity index (χ1) is 9.61. The molecule has 104 valence electrons. The van der Waals surface area contributed by atoms with Crippen molar-refractivity contribution in [2.24, 2.45) is 0 Å². The van der Waals surface area contributed by atoms with E-state index in [4.69, 9.17) is 5.73 Å². The van der Waals surface area contributed by atoms with Gasteiger partial charge >= 0.3 is 0 Å². The van der Waals surface area contributed by atoms with Crippen molar-refractivity contribution in [2.75, 3.05) is 17.2 Å². The highest BCUT2D eigenvalue weighted by molar-refractivity contribution is 5.62. The van der Waals surface area contributed by atoms with E-state index in [9.17, 15) is 8.78 Å². The van der Waals surface area contributed by atoms with Crippen LogP contribution in [0.1, 0.15) is 17.5 Å². The van der Waals surface area contributed by atoms with E-state index in [2.05, 4.69) is 4.90 Å². The number of rotatable bonds is 2. The van der Waals surface area contributed by atoms with Gasteiger partial charge in [-0.1, -0.05) is 6.07 Å². The molecule has 0 amide bonds. The smallest absolute Gasteiger partial charge is 0.126 e. The van der Waals surface area contributed by atoms with Crippen LogP contribution in [0.3, 0.4) is 0 Å². The highest BCUT2D eigenvalue weighted by Gasteiger charge is 2.17. The molecule has 0 fully saturated rings. The van der Waals surface area contributed by atoms with Crippen molar-refractivity contribution in [3.05, 3.63) is 59.2 Å². The number of anilines is 2. The molecule has 0 spiro atoms. The summed E-state index contributed by atoms with van der Waals surface area (Å²) < 4.78 is 26.5. The molecule has 0 aliphatic carbocycles. The van der Waals surface area contributed by atoms with Crippen LogP contribution in [0.25, 0.3) is 0 Å². The van der Waals surface area contributed by atoms with Gasteiger partial charge < -0.3 is 10.6 Å². The third-order valence-electron chi connectivity index (χ3n) is 3.62. The van der Waals surface area contributed by atoms with Gasteiger partial charge in [-0.25, -0.2) is 8.78 Å². The Kier molecular flexibility index (Phi) is 3.30. The lowest BCUT2D eigenvalue weighted by molar-refractivity contribution is 0.577. The van der Waals surface area contributed by atoms with Crippen molar-refractivity contribution in [1.29, 1.82) is 0 Å². The van der Waals surface area contributed by atoms with E-state index < -0.39 is 11.6 Å². The minimum Gasteiger partial charge on any atom is -0.399 e. The fraction of sp³-hybridized carbons (Fsp3) is 0.250. The van der Waals surface area contributed by atoms with Gasteiger partial charge in [0, 0.05) is 30.5 Å². The average molecular weight is 274 g/mol. The summed E-state index contributed by atoms with van der Waals surface area (Å²) in [7, 11) is 0. The second-order valence-corrected chi connectivity index (χ2v) is 5.19. The van der Waals surface area contributed by atoms with E-state index in [0.29, 0.717) is 17.8 Å². The SMILES string of the molecule is Nc1ccc2c(c1)N(Cc1cc(F)cc(F)c1)CCC2. The first-order valence-corrected chi connectivity index (χ1v) is 6.70. The molecule has 2 aromatic carbocycles. The van der Waals surface area contributed by atoms with E-state index in [1.807, 2.05) is 18.2 Å². The molecule has 0 unspecified atom stereocenters. The number of benzene rings is 2. The lowest BCUT2D eigenvalue weighted by Gasteiger charge is -2.31. The maximum absolute atomic E-state index is 13.3. The largest absolute Gasteiger partial charge is 0.399 e. The second-order valence-electron chi connectivity index (χ2n) is 5.19. The van der Waals surface area contributed by atoms with Gasteiger partial charge in [-0.05, 0) is 48.2 Å². The van der Waals surface area contributed by atoms with Crippen LogP contribution in [0, 0.1) is 11.6 Å². The van der Waals surface area contributed by atoms with Crippen molar-refractivity contribution < 1.29 is 8.78 Å². The number of fused-ring (bicyclic) bond motifs is 1. The monoisotopic (exact) mass is 274 g/mol. The zero-order valence-corrected chi connectivity index (χ0v) is 11.1. The molecule has 0 radical (unpaired) electrons. The average Bonchev–Trinajstić information content (AvgIpc) is 2.38. The Morgan fingerprint density at radius 1 is 1.05 bits per heavy atom. The highest BCUT2D eigenvalue weighted by Crippen LogP contribution is 2.30. The molecule has 20 heavy (non-hydrogen) atoms. The van der Waals surface area contributed by atoms with Gasteiger partial charge in [0.25, 0.3) is 0 Å². The van der Waals surface area contributed by atoms with E-state index >= 15 is 0 Å². The Morgan fingerprint density at radius 3 is 2.55 bits per heavy atom. The van der Waals surface area contributed by atoms with E-state index in [0.717, 1.165) is 31.1 Å². The van der Waals surface area contributed by atoms with E-state index in [1.54, 1.807) is 0 Å². The van der Waals surface area contributed by atoms with Crippen LogP contribution in [-0.2, 0) is 13.0 Å². The number of aryl methyl sites for hydroxylation is 1. The van der Waals surface area contributed by atoms with Gasteiger partial charge in [-0.2, -0.15) is 0 Å². The molecule has 0 saturated carbocycles. The van der Waals surface area contributed by atoms with E-state index in [-0.39, 0.29) is 0 Å². The lowest BCUT2D eigenvalue weighted by atomic mass is 10.0. The molecule has 2 nitrogen and oxygen atoms in total. The first-order valence-electron chi connectivity index (χ1n) is 6.70. The predicted molar refractivity (Wildman–Crippen MR) is 76.6 cm³/mol. The Morgan fingerprint density at radius 2 is 1.80 bits per heavy atom. The third kappa shape index (κ3) is 2.59. The summed E-state index contributed by atoms with van der Waals surface area (Å²) in [5.41, 5.74) is 9.49. The van der Waals surface area contributed by atoms with Crippen molar-refractivity contribution in [3.8, 4) is 0 Å². The number of nitrogens with two attached hydrogens (primary N) is 1. The molecule has 1 aliphatic rings. The normalized spacial score (nSPS) is 14.2. The Bertz CT molecular complexity index is 620. The molecule has 2 N–H and O–H groups in total. The molecule has 1 heterocycles. The van der Waals surface area contributed by atoms with Gasteiger partial charge in [0.1, 0.15) is 11.6 Å². The summed E-state index contributed by atoms with van der Waals surface area (Å²) in [6.45, 7) is 1.36. The van der Waals surface area contributed by atoms with E-state index in [1.165, 1.54) is 17.7 Å². The number of nitrogen functional groups attached to an aromatic ring is 1. The fourth-order valence-electron chi connectivity index (χ4n) is 2.75. The molecular weight excluding hydrogens is 258 g/mol. The summed E-state index contributed by atoms with van der Waals surface area (Å²) in [4.78, 5) is 2.13. The van der Waals surface area contributed by atoms with Gasteiger partial charge in [0.05, 0.1) is 0 Å². The molecule has 4 heteroatoms. The third-order valence-corrected chi connectivity index (χ3v) is 3.62. The minimum atomic E-state index is -0.537. The summed E-state index contributed by atoms with van der Waals surface area (Å²) in [6, 6.07) is 9.51. The molecule has 0 saturated heterocycles. The molecule has 3 rings (SSSR count). The molecule has 0 atom stereocenters. The van der Waals surface area contributed by atoms with Crippen molar-refractivity contribution in [1.82, 2.24) is 0 Å². The maximum Gasteiger partial charge on any atom is 0.126 e. The molecule has 2 aromatic rings. The number of nitrogens with zero attached hydrogens (tertiary/aromatic N) is 1. The Balaban J connectivity index is 1.91. The maximum atomic E-state index is 13.3. The fourth-order valence-corrected chi connectivity index (χ4v) is 2.75. The van der Waals surface area contributed by atoms with Crippen LogP contribution in [-0.4, -0.2) is 6.54 Å². The van der Waals surface area contributed by atoms with Crippen LogP contribution in [0.2, 0.25) is 0 Å². The van der Waals surface area contributed by atoms with Crippen LogP contribution < -0.4 is 10.6 Å². The first kappa shape index (κ1) is 12.9. The van der Waals surface area contributed by atoms with Crippen LogP contribution in [0.5, 0.6) is 0 Å². The zero-order valence-electron chi connectivity index (χ0n) is 11.1. The zero-order chi connectivity index (χ0) is 14.1. The summed E-state index contributed by atoms with van der Waals surface area (Å²) >= 11 is 0. The van der Waals surface area contributed by atoms with Gasteiger partial charge in [-0.3, -0.25) is 0 Å². The molecule has 0 bridgehead atoms. The standard InChI is InChI=1S/C16H16F2N2/c17-13-6-11(7-14(18)8-13)10-20-5-1-2-12-3-4-15(19)9-16(12)20/h3-4,6-9H,1-2,5,10,19H2. The van der Waals surface area contributed by atoms with Gasteiger partial charge in [0.2, 0.25) is 0 Å². The predicted octanol–water partition coefficient (Wildman–Crippen LogP) is 3.50. The summed E-state index contributed by atoms with van der Waals surface area (Å²) in [6.07, 6.45) is 2.05. The molecular formula is C16H16F2N2. The minimum absolute atomic E-state index is 0.491. The molecule has 0 aromatic heterocycles. The quantitative estimate of drug-likeness (QED) is 0.849. The lowest BCUT2D eigenvalue weighted by Crippen LogP contribution is -2.29. The van der Waals surface area contributed by atoms with Gasteiger partial charge in [0.15, 0.2) is 0 Å². The Labute approximate surface area is 116 Å².